The fourth-order valence-electron chi connectivity index (χ4n) is 3.81. The van der Waals surface area contributed by atoms with Crippen LogP contribution in [0.15, 0.2) is 73.1 Å². The highest BCUT2D eigenvalue weighted by Crippen LogP contribution is 2.47. The lowest BCUT2D eigenvalue weighted by molar-refractivity contribution is 0.102. The Morgan fingerprint density at radius 3 is 2.68 bits per heavy atom. The van der Waals surface area contributed by atoms with Gasteiger partial charge in [-0.25, -0.2) is 0 Å². The van der Waals surface area contributed by atoms with E-state index in [-0.39, 0.29) is 11.8 Å². The van der Waals surface area contributed by atoms with Crippen molar-refractivity contribution < 1.29 is 18.6 Å². The standard InChI is InChI=1S/C24H21ClN4O4S/c25-21-8-5-17(14-20(21)23-19-2-1-10-26-22(19)9-11-27-23)28-24(30)16-3-6-18(7-4-16)29-12-13-33-15-34(29,31)32/h1-11,14,31-32H,12-13,15H2,(H,28,30). The number of carbonyl (C=O) groups is 1. The van der Waals surface area contributed by atoms with E-state index >= 15 is 0 Å². The average Bonchev–Trinajstić information content (AvgIpc) is 2.85. The molecule has 34 heavy (non-hydrogen) atoms. The van der Waals surface area contributed by atoms with Crippen LogP contribution >= 0.6 is 22.4 Å². The second-order valence-electron chi connectivity index (χ2n) is 7.69. The third-order valence-electron chi connectivity index (χ3n) is 5.46. The molecule has 1 amide bonds. The van der Waals surface area contributed by atoms with Gasteiger partial charge in [0.15, 0.2) is 5.94 Å². The van der Waals surface area contributed by atoms with Gasteiger partial charge in [-0.05, 0) is 60.7 Å². The van der Waals surface area contributed by atoms with Crippen LogP contribution in [0.25, 0.3) is 22.2 Å². The summed E-state index contributed by atoms with van der Waals surface area (Å²) in [7, 11) is -3.02. The maximum atomic E-state index is 12.9. The summed E-state index contributed by atoms with van der Waals surface area (Å²) >= 11 is 6.47. The molecule has 0 spiro atoms. The zero-order valence-electron chi connectivity index (χ0n) is 17.9. The van der Waals surface area contributed by atoms with Crippen molar-refractivity contribution in [3.63, 3.8) is 0 Å². The largest absolute Gasteiger partial charge is 0.357 e. The topological polar surface area (TPSA) is 108 Å². The molecule has 8 nitrogen and oxygen atoms in total. The van der Waals surface area contributed by atoms with Crippen LogP contribution in [0.5, 0.6) is 0 Å². The summed E-state index contributed by atoms with van der Waals surface area (Å²) in [6.07, 6.45) is 3.40. The van der Waals surface area contributed by atoms with Crippen molar-refractivity contribution in [2.45, 2.75) is 0 Å². The monoisotopic (exact) mass is 496 g/mol. The fraction of sp³-hybridized carbons (Fsp3) is 0.125. The van der Waals surface area contributed by atoms with Crippen LogP contribution in [0.2, 0.25) is 5.02 Å². The van der Waals surface area contributed by atoms with Crippen LogP contribution in [0.1, 0.15) is 10.4 Å². The molecule has 1 aliphatic heterocycles. The van der Waals surface area contributed by atoms with Gasteiger partial charge in [0.1, 0.15) is 0 Å². The number of fused-ring (bicyclic) bond motifs is 1. The molecule has 3 heterocycles. The Morgan fingerprint density at radius 2 is 1.88 bits per heavy atom. The number of aromatic nitrogens is 2. The van der Waals surface area contributed by atoms with Crippen LogP contribution < -0.4 is 9.62 Å². The number of anilines is 2. The van der Waals surface area contributed by atoms with E-state index < -0.39 is 10.8 Å². The first-order chi connectivity index (χ1) is 16.4. The SMILES string of the molecule is O=C(Nc1ccc(Cl)c(-c2nccc3ncccc23)c1)c1ccc(N2CCOCS2(O)O)cc1. The van der Waals surface area contributed by atoms with E-state index in [4.69, 9.17) is 16.3 Å². The molecule has 0 saturated carbocycles. The number of nitrogens with one attached hydrogen (secondary N) is 1. The third-order valence-corrected chi connectivity index (χ3v) is 7.37. The molecule has 2 aromatic carbocycles. The summed E-state index contributed by atoms with van der Waals surface area (Å²) in [4.78, 5) is 21.7. The lowest BCUT2D eigenvalue weighted by Gasteiger charge is -2.46. The number of hydrogen-bond donors (Lipinski definition) is 3. The third kappa shape index (κ3) is 4.44. The molecular weight excluding hydrogens is 476 g/mol. The normalized spacial score (nSPS) is 16.3. The summed E-state index contributed by atoms with van der Waals surface area (Å²) in [5, 5.41) is 4.26. The summed E-state index contributed by atoms with van der Waals surface area (Å²) in [6, 6.07) is 17.5. The Balaban J connectivity index is 1.38. The smallest absolute Gasteiger partial charge is 0.255 e. The number of nitrogens with zero attached hydrogens (tertiary/aromatic N) is 3. The Hall–Kier alpha value is -3.21. The predicted molar refractivity (Wildman–Crippen MR) is 135 cm³/mol. The van der Waals surface area contributed by atoms with Crippen molar-refractivity contribution in [1.82, 2.24) is 9.97 Å². The van der Waals surface area contributed by atoms with Crippen molar-refractivity contribution in [2.75, 3.05) is 28.7 Å². The quantitative estimate of drug-likeness (QED) is 0.334. The first-order valence-electron chi connectivity index (χ1n) is 10.4. The first-order valence-corrected chi connectivity index (χ1v) is 12.5. The minimum absolute atomic E-state index is 0.129. The van der Waals surface area contributed by atoms with Crippen LogP contribution in [0, 0.1) is 0 Å². The summed E-state index contributed by atoms with van der Waals surface area (Å²) < 4.78 is 27.1. The Labute approximate surface area is 202 Å². The van der Waals surface area contributed by atoms with Gasteiger partial charge in [-0.15, -0.1) is 0 Å². The fourth-order valence-corrected chi connectivity index (χ4v) is 5.31. The van der Waals surface area contributed by atoms with Gasteiger partial charge in [0.2, 0.25) is 0 Å². The molecule has 0 aliphatic carbocycles. The molecule has 0 atom stereocenters. The Morgan fingerprint density at radius 1 is 1.06 bits per heavy atom. The summed E-state index contributed by atoms with van der Waals surface area (Å²) in [5.74, 6) is -0.434. The van der Waals surface area contributed by atoms with Crippen LogP contribution in [-0.4, -0.2) is 44.1 Å². The second-order valence-corrected chi connectivity index (χ2v) is 10.0. The van der Waals surface area contributed by atoms with Crippen LogP contribution in [-0.2, 0) is 4.74 Å². The number of ether oxygens (including phenoxy) is 1. The molecule has 2 aromatic heterocycles. The molecular formula is C24H21ClN4O4S. The number of pyridine rings is 2. The van der Waals surface area contributed by atoms with Gasteiger partial charge in [0.05, 0.1) is 35.1 Å². The van der Waals surface area contributed by atoms with Gasteiger partial charge in [0.25, 0.3) is 5.91 Å². The van der Waals surface area contributed by atoms with Crippen LogP contribution in [0.4, 0.5) is 11.4 Å². The lowest BCUT2D eigenvalue weighted by Crippen LogP contribution is -2.37. The maximum absolute atomic E-state index is 12.9. The number of carbonyl (C=O) groups excluding carboxylic acids is 1. The molecule has 1 fully saturated rings. The zero-order valence-corrected chi connectivity index (χ0v) is 19.5. The van der Waals surface area contributed by atoms with E-state index in [1.54, 1.807) is 54.9 Å². The van der Waals surface area contributed by atoms with Gasteiger partial charge in [-0.2, -0.15) is 0 Å². The van der Waals surface area contributed by atoms with Crippen LogP contribution in [0.3, 0.4) is 0 Å². The van der Waals surface area contributed by atoms with Gasteiger partial charge < -0.3 is 10.1 Å². The molecule has 3 N–H and O–H groups in total. The molecule has 0 bridgehead atoms. The van der Waals surface area contributed by atoms with Crippen molar-refractivity contribution in [3.8, 4) is 11.3 Å². The molecule has 0 radical (unpaired) electrons. The van der Waals surface area contributed by atoms with E-state index in [2.05, 4.69) is 15.3 Å². The van der Waals surface area contributed by atoms with Gasteiger partial charge in [0, 0.05) is 34.6 Å². The molecule has 4 aromatic rings. The Kier molecular flexibility index (Phi) is 6.11. The molecule has 1 aliphatic rings. The van der Waals surface area contributed by atoms with Gasteiger partial charge in [-0.3, -0.25) is 28.2 Å². The van der Waals surface area contributed by atoms with Crippen molar-refractivity contribution >= 4 is 50.6 Å². The van der Waals surface area contributed by atoms with E-state index in [0.717, 1.165) is 10.9 Å². The zero-order chi connectivity index (χ0) is 23.7. The molecule has 174 valence electrons. The average molecular weight is 497 g/mol. The number of amides is 1. The van der Waals surface area contributed by atoms with Crippen molar-refractivity contribution in [1.29, 1.82) is 0 Å². The highest BCUT2D eigenvalue weighted by atomic mass is 35.5. The van der Waals surface area contributed by atoms with Crippen molar-refractivity contribution in [2.24, 2.45) is 0 Å². The minimum Gasteiger partial charge on any atom is -0.357 e. The summed E-state index contributed by atoms with van der Waals surface area (Å²) in [6.45, 7) is 0.762. The van der Waals surface area contributed by atoms with Gasteiger partial charge in [-0.1, -0.05) is 22.4 Å². The number of benzene rings is 2. The van der Waals surface area contributed by atoms with E-state index in [9.17, 15) is 13.9 Å². The minimum atomic E-state index is -3.02. The predicted octanol–water partition coefficient (Wildman–Crippen LogP) is 5.66. The number of rotatable bonds is 4. The molecule has 10 heteroatoms. The van der Waals surface area contributed by atoms with E-state index in [0.29, 0.717) is 46.4 Å². The highest BCUT2D eigenvalue weighted by Gasteiger charge is 2.27. The maximum Gasteiger partial charge on any atom is 0.255 e. The molecule has 0 unspecified atom stereocenters. The number of hydrogen-bond acceptors (Lipinski definition) is 7. The van der Waals surface area contributed by atoms with E-state index in [1.807, 2.05) is 18.2 Å². The lowest BCUT2D eigenvalue weighted by atomic mass is 10.1. The van der Waals surface area contributed by atoms with E-state index in [1.165, 1.54) is 4.31 Å². The first kappa shape index (κ1) is 22.6. The molecule has 5 rings (SSSR count). The molecule has 1 saturated heterocycles. The number of halogens is 1. The second kappa shape index (κ2) is 9.21. The summed E-state index contributed by atoms with van der Waals surface area (Å²) in [5.41, 5.74) is 3.78. The highest BCUT2D eigenvalue weighted by molar-refractivity contribution is 8.25. The Bertz CT molecular complexity index is 1360. The van der Waals surface area contributed by atoms with Crippen molar-refractivity contribution in [3.05, 3.63) is 83.6 Å². The van der Waals surface area contributed by atoms with Gasteiger partial charge >= 0.3 is 0 Å².